The third kappa shape index (κ3) is 4.94. The molecule has 45 heavy (non-hydrogen) atoms. The molecule has 9 heteroatoms. The molecule has 0 saturated carbocycles. The van der Waals surface area contributed by atoms with Crippen molar-refractivity contribution in [1.82, 2.24) is 30.2 Å². The lowest BCUT2D eigenvalue weighted by Gasteiger charge is -2.30. The minimum Gasteiger partial charge on any atom is -0.488 e. The van der Waals surface area contributed by atoms with Crippen molar-refractivity contribution in [1.29, 1.82) is 0 Å². The Hall–Kier alpha value is -4.37. The molecule has 0 aliphatic carbocycles. The molecule has 9 nitrogen and oxygen atoms in total. The predicted octanol–water partition coefficient (Wildman–Crippen LogP) is 7.94. The summed E-state index contributed by atoms with van der Waals surface area (Å²) < 4.78 is 12.1. The van der Waals surface area contributed by atoms with Crippen molar-refractivity contribution in [2.75, 3.05) is 0 Å². The molecule has 3 N–H and O–H groups in total. The Morgan fingerprint density at radius 2 is 1.84 bits per heavy atom. The fourth-order valence-electron chi connectivity index (χ4n) is 7.31. The van der Waals surface area contributed by atoms with E-state index in [-0.39, 0.29) is 24.2 Å². The number of ether oxygens (including phenoxy) is 2. The third-order valence-corrected chi connectivity index (χ3v) is 9.56. The van der Waals surface area contributed by atoms with Gasteiger partial charge in [-0.15, -0.1) is 0 Å². The molecular weight excluding hydrogens is 564 g/mol. The Bertz CT molecular complexity index is 1950. The number of hydrogen-bond donors (Lipinski definition) is 3. The Kier molecular flexibility index (Phi) is 6.46. The molecule has 0 unspecified atom stereocenters. The molecule has 2 aromatic heterocycles. The van der Waals surface area contributed by atoms with Gasteiger partial charge in [-0.05, 0) is 107 Å². The van der Waals surface area contributed by atoms with Gasteiger partial charge in [-0.3, -0.25) is 4.90 Å². The summed E-state index contributed by atoms with van der Waals surface area (Å²) in [5.74, 6) is 2.66. The monoisotopic (exact) mass is 604 g/mol. The average molecular weight is 605 g/mol. The van der Waals surface area contributed by atoms with E-state index in [9.17, 15) is 4.79 Å². The molecular formula is C36H40N6O3. The minimum atomic E-state index is -0.554. The highest BCUT2D eigenvalue weighted by molar-refractivity contribution is 6.07. The van der Waals surface area contributed by atoms with E-state index >= 15 is 0 Å². The van der Waals surface area contributed by atoms with Crippen molar-refractivity contribution >= 4 is 27.9 Å². The van der Waals surface area contributed by atoms with Crippen LogP contribution in [0.3, 0.4) is 0 Å². The lowest BCUT2D eigenvalue weighted by atomic mass is 9.92. The van der Waals surface area contributed by atoms with Crippen LogP contribution in [0, 0.1) is 0 Å². The number of likely N-dealkylation sites (tertiary alicyclic amines) is 1. The van der Waals surface area contributed by atoms with Crippen molar-refractivity contribution in [3.63, 3.8) is 0 Å². The van der Waals surface area contributed by atoms with Gasteiger partial charge in [0.2, 0.25) is 0 Å². The number of carbonyl (C=O) groups excluding carboxylic acids is 1. The molecule has 3 aromatic carbocycles. The molecule has 0 spiro atoms. The number of fused-ring (bicyclic) bond motifs is 6. The Morgan fingerprint density at radius 1 is 0.978 bits per heavy atom. The average Bonchev–Trinajstić information content (AvgIpc) is 3.80. The summed E-state index contributed by atoms with van der Waals surface area (Å²) in [6.07, 6.45) is 5.67. The minimum absolute atomic E-state index is 0.0826. The summed E-state index contributed by atoms with van der Waals surface area (Å²) in [5, 5.41) is 5.74. The standard InChI is InChI=1S/C36H40N6O3/c1-19-6-11-28(38-19)33-37-17-29(40-33)22-8-10-24-23(14-22)18-44-31-16-25-21(15-26(24)31)9-12-27-32(25)41-34(39-27)30-13-7-20(2)42(30)35(43)45-36(3,4)5/h8-10,12,14-17,19-20,28,30,38H,6-7,11,13,18H2,1-5H3,(H,37,40)(H,39,41)/t19-,20-,28-,30-/m0/s1. The summed E-state index contributed by atoms with van der Waals surface area (Å²) in [6.45, 7) is 10.5. The molecule has 5 aromatic rings. The van der Waals surface area contributed by atoms with Crippen LogP contribution in [0.5, 0.6) is 5.75 Å². The highest BCUT2D eigenvalue weighted by atomic mass is 16.6. The Labute approximate surface area is 262 Å². The number of carbonyl (C=O) groups is 1. The van der Waals surface area contributed by atoms with Crippen LogP contribution in [0.4, 0.5) is 4.79 Å². The van der Waals surface area contributed by atoms with Crippen LogP contribution < -0.4 is 10.1 Å². The molecule has 0 radical (unpaired) electrons. The van der Waals surface area contributed by atoms with E-state index < -0.39 is 5.60 Å². The first kappa shape index (κ1) is 28.1. The molecule has 1 amide bonds. The van der Waals surface area contributed by atoms with Crippen molar-refractivity contribution in [2.24, 2.45) is 0 Å². The van der Waals surface area contributed by atoms with E-state index in [2.05, 4.69) is 76.6 Å². The molecule has 8 rings (SSSR count). The largest absolute Gasteiger partial charge is 0.488 e. The fraction of sp³-hybridized carbons (Fsp3) is 0.417. The van der Waals surface area contributed by atoms with E-state index in [1.54, 1.807) is 0 Å². The molecule has 0 bridgehead atoms. The first-order chi connectivity index (χ1) is 21.6. The lowest BCUT2D eigenvalue weighted by molar-refractivity contribution is 0.0152. The molecule has 3 aliphatic heterocycles. The topological polar surface area (TPSA) is 108 Å². The number of nitrogens with zero attached hydrogens (tertiary/aromatic N) is 3. The normalized spacial score (nSPS) is 22.9. The van der Waals surface area contributed by atoms with E-state index in [1.165, 1.54) is 12.0 Å². The molecule has 232 valence electrons. The number of rotatable bonds is 3. The molecule has 4 atom stereocenters. The first-order valence-electron chi connectivity index (χ1n) is 16.2. The smallest absolute Gasteiger partial charge is 0.411 e. The van der Waals surface area contributed by atoms with Gasteiger partial charge in [0.25, 0.3) is 0 Å². The van der Waals surface area contributed by atoms with E-state index in [4.69, 9.17) is 14.5 Å². The number of H-pyrrole nitrogens is 2. The van der Waals surface area contributed by atoms with Gasteiger partial charge in [-0.25, -0.2) is 14.8 Å². The van der Waals surface area contributed by atoms with Gasteiger partial charge in [-0.1, -0.05) is 18.2 Å². The number of nitrogens with one attached hydrogen (secondary N) is 3. The van der Waals surface area contributed by atoms with Gasteiger partial charge in [0.1, 0.15) is 29.6 Å². The zero-order valence-electron chi connectivity index (χ0n) is 26.5. The van der Waals surface area contributed by atoms with Gasteiger partial charge in [0.05, 0.1) is 35.0 Å². The number of amides is 1. The van der Waals surface area contributed by atoms with Gasteiger partial charge in [0.15, 0.2) is 0 Å². The van der Waals surface area contributed by atoms with Crippen LogP contribution in [0.15, 0.2) is 48.7 Å². The van der Waals surface area contributed by atoms with Gasteiger partial charge in [0, 0.05) is 23.0 Å². The van der Waals surface area contributed by atoms with Gasteiger partial charge >= 0.3 is 6.09 Å². The van der Waals surface area contributed by atoms with Crippen LogP contribution >= 0.6 is 0 Å². The number of aromatic nitrogens is 4. The van der Waals surface area contributed by atoms with E-state index in [1.807, 2.05) is 31.9 Å². The zero-order chi connectivity index (χ0) is 31.0. The number of aromatic amines is 2. The zero-order valence-corrected chi connectivity index (χ0v) is 26.5. The number of imidazole rings is 2. The highest BCUT2D eigenvalue weighted by Gasteiger charge is 2.39. The second-order valence-corrected chi connectivity index (χ2v) is 14.0. The lowest BCUT2D eigenvalue weighted by Crippen LogP contribution is -2.40. The van der Waals surface area contributed by atoms with Crippen LogP contribution in [-0.4, -0.2) is 48.6 Å². The Morgan fingerprint density at radius 3 is 2.64 bits per heavy atom. The molecule has 2 saturated heterocycles. The van der Waals surface area contributed by atoms with Crippen LogP contribution in [0.25, 0.3) is 44.2 Å². The first-order valence-corrected chi connectivity index (χ1v) is 16.2. The quantitative estimate of drug-likeness (QED) is 0.193. The second kappa shape index (κ2) is 10.3. The summed E-state index contributed by atoms with van der Waals surface area (Å²) >= 11 is 0. The van der Waals surface area contributed by atoms with Crippen molar-refractivity contribution in [3.05, 3.63) is 65.9 Å². The third-order valence-electron chi connectivity index (χ3n) is 9.56. The second-order valence-electron chi connectivity index (χ2n) is 14.0. The van der Waals surface area contributed by atoms with Crippen molar-refractivity contribution in [3.8, 4) is 28.1 Å². The molecule has 2 fully saturated rings. The SMILES string of the molecule is C[C@H]1CC[C@@H](c2ncc(-c3ccc4c(c3)COc3cc5c(ccc6[nH]c([C@@H]7CC[C@H](C)N7C(=O)OC(C)(C)C)nc65)cc3-4)[nH]2)N1. The maximum Gasteiger partial charge on any atom is 0.411 e. The summed E-state index contributed by atoms with van der Waals surface area (Å²) in [6, 6.07) is 15.9. The molecule has 5 heterocycles. The van der Waals surface area contributed by atoms with Gasteiger partial charge < -0.3 is 24.8 Å². The number of hydrogen-bond acceptors (Lipinski definition) is 6. The Balaban J connectivity index is 1.11. The number of benzene rings is 3. The maximum absolute atomic E-state index is 13.1. The molecule has 3 aliphatic rings. The predicted molar refractivity (Wildman–Crippen MR) is 175 cm³/mol. The maximum atomic E-state index is 13.1. The van der Waals surface area contributed by atoms with Crippen LogP contribution in [0.1, 0.15) is 89.6 Å². The van der Waals surface area contributed by atoms with Crippen LogP contribution in [-0.2, 0) is 11.3 Å². The van der Waals surface area contributed by atoms with Crippen molar-refractivity contribution < 1.29 is 14.3 Å². The summed E-state index contributed by atoms with van der Waals surface area (Å²) in [7, 11) is 0. The van der Waals surface area contributed by atoms with E-state index in [0.29, 0.717) is 12.6 Å². The highest BCUT2D eigenvalue weighted by Crippen LogP contribution is 2.43. The summed E-state index contributed by atoms with van der Waals surface area (Å²) in [5.41, 5.74) is 6.84. The van der Waals surface area contributed by atoms with Crippen LogP contribution in [0.2, 0.25) is 0 Å². The van der Waals surface area contributed by atoms with Crippen molar-refractivity contribution in [2.45, 2.75) is 96.7 Å². The van der Waals surface area contributed by atoms with Gasteiger partial charge in [-0.2, -0.15) is 0 Å². The summed E-state index contributed by atoms with van der Waals surface area (Å²) in [4.78, 5) is 31.8. The van der Waals surface area contributed by atoms with E-state index in [0.717, 1.165) is 80.9 Å². The fourth-order valence-corrected chi connectivity index (χ4v) is 7.31.